The molecule has 1 aromatic heterocycles. The highest BCUT2D eigenvalue weighted by atomic mass is 19.4. The van der Waals surface area contributed by atoms with Gasteiger partial charge in [0.1, 0.15) is 5.78 Å². The van der Waals surface area contributed by atoms with Crippen LogP contribution in [0.25, 0.3) is 11.4 Å². The van der Waals surface area contributed by atoms with Crippen molar-refractivity contribution in [1.29, 1.82) is 0 Å². The molecule has 0 aliphatic rings. The number of halogens is 3. The molecule has 0 spiro atoms. The molecule has 8 heteroatoms. The number of carbonyl (C=O) groups excluding carboxylic acids is 1. The van der Waals surface area contributed by atoms with E-state index < -0.39 is 18.2 Å². The second kappa shape index (κ2) is 7.57. The maximum Gasteiger partial charge on any atom is 0.471 e. The quantitative estimate of drug-likeness (QED) is 0.754. The van der Waals surface area contributed by atoms with Crippen LogP contribution in [0.4, 0.5) is 13.2 Å². The van der Waals surface area contributed by atoms with Gasteiger partial charge in [-0.15, -0.1) is 0 Å². The average Bonchev–Trinajstić information content (AvgIpc) is 3.03. The Labute approximate surface area is 136 Å². The molecule has 1 aromatic carbocycles. The lowest BCUT2D eigenvalue weighted by Crippen LogP contribution is -2.08. The number of alkyl halides is 3. The Bertz CT molecular complexity index is 681. The van der Waals surface area contributed by atoms with Crippen LogP contribution in [0.5, 0.6) is 0 Å². The molecular weight excluding hydrogens is 325 g/mol. The fourth-order valence-corrected chi connectivity index (χ4v) is 2.23. The third-order valence-corrected chi connectivity index (χ3v) is 3.44. The predicted octanol–water partition coefficient (Wildman–Crippen LogP) is 4.20. The fraction of sp³-hybridized carbons (Fsp3) is 0.438. The third-order valence-electron chi connectivity index (χ3n) is 3.44. The van der Waals surface area contributed by atoms with Gasteiger partial charge in [0.05, 0.1) is 6.10 Å². The van der Waals surface area contributed by atoms with E-state index in [4.69, 9.17) is 4.74 Å². The molecule has 1 unspecified atom stereocenters. The summed E-state index contributed by atoms with van der Waals surface area (Å²) >= 11 is 0. The molecule has 0 bridgehead atoms. The molecule has 1 atom stereocenters. The Kier molecular flexibility index (Phi) is 5.71. The fourth-order valence-electron chi connectivity index (χ4n) is 2.23. The highest BCUT2D eigenvalue weighted by molar-refractivity contribution is 5.79. The third kappa shape index (κ3) is 4.41. The number of aromatic nitrogens is 2. The van der Waals surface area contributed by atoms with E-state index in [0.29, 0.717) is 12.0 Å². The summed E-state index contributed by atoms with van der Waals surface area (Å²) in [6.45, 7) is 1.93. The molecule has 1 heterocycles. The molecule has 0 saturated heterocycles. The van der Waals surface area contributed by atoms with E-state index in [9.17, 15) is 18.0 Å². The minimum absolute atomic E-state index is 0.0985. The maximum atomic E-state index is 12.5. The molecule has 130 valence electrons. The Morgan fingerprint density at radius 3 is 2.46 bits per heavy atom. The normalized spacial score (nSPS) is 13.0. The number of benzene rings is 1. The monoisotopic (exact) mass is 342 g/mol. The van der Waals surface area contributed by atoms with Gasteiger partial charge in [0.2, 0.25) is 5.82 Å². The summed E-state index contributed by atoms with van der Waals surface area (Å²) in [6.07, 6.45) is -3.56. The molecule has 5 nitrogen and oxygen atoms in total. The van der Waals surface area contributed by atoms with E-state index in [1.165, 1.54) is 7.11 Å². The number of nitrogens with zero attached hydrogens (tertiary/aromatic N) is 2. The number of methoxy groups -OCH3 is 1. The molecule has 0 radical (unpaired) electrons. The summed E-state index contributed by atoms with van der Waals surface area (Å²) in [6, 6.07) is 6.48. The van der Waals surface area contributed by atoms with Crippen LogP contribution in [-0.2, 0) is 15.7 Å². The summed E-state index contributed by atoms with van der Waals surface area (Å²) in [4.78, 5) is 15.1. The SMILES string of the molecule is CCCC(=O)CC(OC)c1ccc(-c2noc(C(F)(F)F)n2)cc1. The highest BCUT2D eigenvalue weighted by Gasteiger charge is 2.38. The molecule has 2 aromatic rings. The number of hydrogen-bond acceptors (Lipinski definition) is 5. The summed E-state index contributed by atoms with van der Waals surface area (Å²) in [7, 11) is 1.51. The zero-order chi connectivity index (χ0) is 17.7. The van der Waals surface area contributed by atoms with E-state index >= 15 is 0 Å². The van der Waals surface area contributed by atoms with E-state index in [1.54, 1.807) is 24.3 Å². The van der Waals surface area contributed by atoms with Crippen molar-refractivity contribution in [3.63, 3.8) is 0 Å². The van der Waals surface area contributed by atoms with Crippen LogP contribution in [0, 0.1) is 0 Å². The van der Waals surface area contributed by atoms with Gasteiger partial charge in [-0.25, -0.2) is 0 Å². The van der Waals surface area contributed by atoms with Gasteiger partial charge in [0.25, 0.3) is 0 Å². The van der Waals surface area contributed by atoms with Crippen LogP contribution >= 0.6 is 0 Å². The summed E-state index contributed by atoms with van der Waals surface area (Å²) in [5, 5.41) is 3.33. The lowest BCUT2D eigenvalue weighted by molar-refractivity contribution is -0.159. The van der Waals surface area contributed by atoms with Crippen molar-refractivity contribution in [2.45, 2.75) is 38.5 Å². The van der Waals surface area contributed by atoms with Gasteiger partial charge in [0.15, 0.2) is 0 Å². The number of rotatable bonds is 7. The Morgan fingerprint density at radius 1 is 1.29 bits per heavy atom. The van der Waals surface area contributed by atoms with Crippen LogP contribution in [-0.4, -0.2) is 23.0 Å². The summed E-state index contributed by atoms with van der Waals surface area (Å²) in [5.74, 6) is -1.44. The predicted molar refractivity (Wildman–Crippen MR) is 79.0 cm³/mol. The van der Waals surface area contributed by atoms with Gasteiger partial charge in [-0.2, -0.15) is 18.2 Å². The zero-order valence-corrected chi connectivity index (χ0v) is 13.3. The van der Waals surface area contributed by atoms with E-state index in [0.717, 1.165) is 12.0 Å². The van der Waals surface area contributed by atoms with E-state index in [-0.39, 0.29) is 18.0 Å². The molecule has 0 amide bonds. The van der Waals surface area contributed by atoms with Gasteiger partial charge in [-0.3, -0.25) is 4.79 Å². The molecule has 0 N–H and O–H groups in total. The first-order valence-electron chi connectivity index (χ1n) is 7.41. The molecular formula is C16H17F3N2O3. The van der Waals surface area contributed by atoms with Crippen LogP contribution in [0.15, 0.2) is 28.8 Å². The second-order valence-corrected chi connectivity index (χ2v) is 5.26. The molecule has 0 aliphatic heterocycles. The number of ketones is 1. The molecule has 0 fully saturated rings. The van der Waals surface area contributed by atoms with Gasteiger partial charge in [0, 0.05) is 25.5 Å². The smallest absolute Gasteiger partial charge is 0.376 e. The van der Waals surface area contributed by atoms with Crippen molar-refractivity contribution >= 4 is 5.78 Å². The summed E-state index contributed by atoms with van der Waals surface area (Å²) in [5.41, 5.74) is 1.14. The number of Topliss-reactive ketones (excluding diaryl/α,β-unsaturated/α-hetero) is 1. The lowest BCUT2D eigenvalue weighted by Gasteiger charge is -2.15. The van der Waals surface area contributed by atoms with Gasteiger partial charge in [-0.1, -0.05) is 36.3 Å². The first-order valence-corrected chi connectivity index (χ1v) is 7.41. The van der Waals surface area contributed by atoms with Gasteiger partial charge in [-0.05, 0) is 12.0 Å². The Balaban J connectivity index is 2.14. The zero-order valence-electron chi connectivity index (χ0n) is 13.3. The molecule has 2 rings (SSSR count). The Morgan fingerprint density at radius 2 is 1.96 bits per heavy atom. The Hall–Kier alpha value is -2.22. The number of carbonyl (C=O) groups is 1. The van der Waals surface area contributed by atoms with Crippen molar-refractivity contribution in [2.75, 3.05) is 7.11 Å². The van der Waals surface area contributed by atoms with Gasteiger partial charge < -0.3 is 9.26 Å². The van der Waals surface area contributed by atoms with Crippen molar-refractivity contribution in [3.8, 4) is 11.4 Å². The number of ether oxygens (including phenoxy) is 1. The van der Waals surface area contributed by atoms with Crippen LogP contribution < -0.4 is 0 Å². The van der Waals surface area contributed by atoms with Crippen LogP contribution in [0.3, 0.4) is 0 Å². The maximum absolute atomic E-state index is 12.5. The van der Waals surface area contributed by atoms with Gasteiger partial charge >= 0.3 is 12.1 Å². The average molecular weight is 342 g/mol. The number of hydrogen-bond donors (Lipinski definition) is 0. The van der Waals surface area contributed by atoms with Crippen LogP contribution in [0.1, 0.15) is 43.7 Å². The van der Waals surface area contributed by atoms with E-state index in [1.807, 2.05) is 6.92 Å². The first-order chi connectivity index (χ1) is 11.3. The van der Waals surface area contributed by atoms with Crippen molar-refractivity contribution in [2.24, 2.45) is 0 Å². The van der Waals surface area contributed by atoms with Crippen molar-refractivity contribution in [1.82, 2.24) is 10.1 Å². The summed E-state index contributed by atoms with van der Waals surface area (Å²) < 4.78 is 47.0. The highest BCUT2D eigenvalue weighted by Crippen LogP contribution is 2.30. The standard InChI is InChI=1S/C16H17F3N2O3/c1-3-4-12(22)9-13(23-2)10-5-7-11(8-6-10)14-20-15(24-21-14)16(17,18)19/h5-8,13H,3-4,9H2,1-2H3. The minimum Gasteiger partial charge on any atom is -0.376 e. The van der Waals surface area contributed by atoms with Crippen molar-refractivity contribution in [3.05, 3.63) is 35.7 Å². The largest absolute Gasteiger partial charge is 0.471 e. The molecule has 0 saturated carbocycles. The van der Waals surface area contributed by atoms with E-state index in [2.05, 4.69) is 14.7 Å². The lowest BCUT2D eigenvalue weighted by atomic mass is 10.0. The topological polar surface area (TPSA) is 65.2 Å². The minimum atomic E-state index is -4.67. The molecule has 0 aliphatic carbocycles. The molecule has 24 heavy (non-hydrogen) atoms. The second-order valence-electron chi connectivity index (χ2n) is 5.26. The van der Waals surface area contributed by atoms with Crippen LogP contribution in [0.2, 0.25) is 0 Å². The van der Waals surface area contributed by atoms with Crippen molar-refractivity contribution < 1.29 is 27.2 Å². The first kappa shape index (κ1) is 18.1.